The Bertz CT molecular complexity index is 896. The summed E-state index contributed by atoms with van der Waals surface area (Å²) in [6, 6.07) is 12.8. The Morgan fingerprint density at radius 2 is 1.79 bits per heavy atom. The van der Waals surface area contributed by atoms with Gasteiger partial charge in [0.1, 0.15) is 6.04 Å². The Morgan fingerprint density at radius 1 is 1.07 bits per heavy atom. The zero-order valence-electron chi connectivity index (χ0n) is 17.5. The predicted molar refractivity (Wildman–Crippen MR) is 114 cm³/mol. The van der Waals surface area contributed by atoms with Gasteiger partial charge in [0.2, 0.25) is 0 Å². The highest BCUT2D eigenvalue weighted by atomic mass is 16.2. The van der Waals surface area contributed by atoms with E-state index in [4.69, 9.17) is 0 Å². The summed E-state index contributed by atoms with van der Waals surface area (Å²) in [5.41, 5.74) is 4.42. The minimum atomic E-state index is -0.626. The minimum absolute atomic E-state index is 0.0300. The molecule has 1 aliphatic heterocycles. The second-order valence-electron chi connectivity index (χ2n) is 8.61. The Hall–Kier alpha value is -2.62. The molecule has 0 aromatic heterocycles. The number of fused-ring (bicyclic) bond motifs is 1. The van der Waals surface area contributed by atoms with Crippen molar-refractivity contribution < 1.29 is 9.59 Å². The molecule has 1 heterocycles. The Kier molecular flexibility index (Phi) is 5.59. The number of hydrogen-bond acceptors (Lipinski definition) is 2. The predicted octanol–water partition coefficient (Wildman–Crippen LogP) is 5.23. The van der Waals surface area contributed by atoms with E-state index in [1.165, 1.54) is 5.56 Å². The first kappa shape index (κ1) is 20.1. The van der Waals surface area contributed by atoms with Crippen LogP contribution in [-0.4, -0.2) is 23.3 Å². The highest BCUT2D eigenvalue weighted by molar-refractivity contribution is 6.10. The fourth-order valence-electron chi connectivity index (χ4n) is 3.98. The molecule has 0 saturated carbocycles. The van der Waals surface area contributed by atoms with Crippen LogP contribution in [0.4, 0.5) is 5.69 Å². The van der Waals surface area contributed by atoms with Crippen molar-refractivity contribution in [2.45, 2.75) is 58.9 Å². The van der Waals surface area contributed by atoms with Gasteiger partial charge in [-0.1, -0.05) is 64.4 Å². The van der Waals surface area contributed by atoms with Crippen LogP contribution in [0.2, 0.25) is 0 Å². The molecule has 4 nitrogen and oxygen atoms in total. The molecule has 1 N–H and O–H groups in total. The van der Waals surface area contributed by atoms with Crippen molar-refractivity contribution in [3.8, 4) is 0 Å². The zero-order valence-corrected chi connectivity index (χ0v) is 17.5. The highest BCUT2D eigenvalue weighted by Crippen LogP contribution is 2.34. The van der Waals surface area contributed by atoms with E-state index in [0.717, 1.165) is 24.0 Å². The highest BCUT2D eigenvalue weighted by Gasteiger charge is 2.36. The van der Waals surface area contributed by atoms with Gasteiger partial charge in [-0.05, 0) is 47.6 Å². The molecule has 4 heteroatoms. The van der Waals surface area contributed by atoms with Crippen molar-refractivity contribution in [3.63, 3.8) is 0 Å². The molecule has 3 rings (SSSR count). The van der Waals surface area contributed by atoms with Gasteiger partial charge in [0.15, 0.2) is 0 Å². The lowest BCUT2D eigenvalue weighted by atomic mass is 9.83. The van der Waals surface area contributed by atoms with Crippen molar-refractivity contribution in [1.82, 2.24) is 4.90 Å². The van der Waals surface area contributed by atoms with Gasteiger partial charge in [0, 0.05) is 6.54 Å². The number of nitrogens with zero attached hydrogens (tertiary/aromatic N) is 1. The molecular formula is C24H30N2O2. The number of rotatable bonds is 4. The molecule has 148 valence electrons. The number of aryl methyl sites for hydroxylation is 1. The fourth-order valence-corrected chi connectivity index (χ4v) is 3.98. The van der Waals surface area contributed by atoms with Crippen molar-refractivity contribution in [2.24, 2.45) is 0 Å². The second kappa shape index (κ2) is 7.78. The van der Waals surface area contributed by atoms with Gasteiger partial charge in [0.25, 0.3) is 11.8 Å². The summed E-state index contributed by atoms with van der Waals surface area (Å²) in [6.07, 6.45) is 1.82. The van der Waals surface area contributed by atoms with Crippen molar-refractivity contribution in [1.29, 1.82) is 0 Å². The standard InChI is InChI=1S/C24H30N2O2/c1-6-7-14-26-21(17-12-13-19(16(2)15-17)24(3,4)5)22(27)25-20-11-9-8-10-18(20)23(26)28/h8-13,15,21H,6-7,14H2,1-5H3,(H,25,27). The molecule has 2 aromatic rings. The first-order valence-electron chi connectivity index (χ1n) is 10.1. The summed E-state index contributed by atoms with van der Waals surface area (Å²) in [7, 11) is 0. The van der Waals surface area contributed by atoms with E-state index in [1.807, 2.05) is 18.2 Å². The van der Waals surface area contributed by atoms with E-state index < -0.39 is 6.04 Å². The van der Waals surface area contributed by atoms with Crippen molar-refractivity contribution >= 4 is 17.5 Å². The van der Waals surface area contributed by atoms with Crippen LogP contribution in [0.15, 0.2) is 42.5 Å². The molecule has 1 aliphatic rings. The van der Waals surface area contributed by atoms with E-state index in [2.05, 4.69) is 52.1 Å². The number of benzene rings is 2. The molecule has 0 bridgehead atoms. The van der Waals surface area contributed by atoms with Crippen LogP contribution in [0, 0.1) is 6.92 Å². The molecule has 0 spiro atoms. The third-order valence-corrected chi connectivity index (χ3v) is 5.36. The molecule has 0 fully saturated rings. The molecule has 2 aromatic carbocycles. The van der Waals surface area contributed by atoms with Gasteiger partial charge in [-0.2, -0.15) is 0 Å². The molecule has 0 radical (unpaired) electrons. The van der Waals surface area contributed by atoms with Crippen molar-refractivity contribution in [3.05, 3.63) is 64.7 Å². The van der Waals surface area contributed by atoms with Crippen molar-refractivity contribution in [2.75, 3.05) is 11.9 Å². The number of amides is 2. The molecule has 1 atom stereocenters. The Balaban J connectivity index is 2.08. The van der Waals surface area contributed by atoms with E-state index in [0.29, 0.717) is 17.8 Å². The number of unbranched alkanes of at least 4 members (excludes halogenated alkanes) is 1. The molecule has 1 unspecified atom stereocenters. The third kappa shape index (κ3) is 3.82. The summed E-state index contributed by atoms with van der Waals surface area (Å²) < 4.78 is 0. The number of carbonyl (C=O) groups excluding carboxylic acids is 2. The Labute approximate surface area is 167 Å². The average Bonchev–Trinajstić information content (AvgIpc) is 2.73. The van der Waals surface area contributed by atoms with Crippen LogP contribution in [-0.2, 0) is 10.2 Å². The number of carbonyl (C=O) groups is 2. The van der Waals surface area contributed by atoms with Crippen LogP contribution < -0.4 is 5.32 Å². The van der Waals surface area contributed by atoms with Gasteiger partial charge in [-0.15, -0.1) is 0 Å². The van der Waals surface area contributed by atoms with Gasteiger partial charge >= 0.3 is 0 Å². The summed E-state index contributed by atoms with van der Waals surface area (Å²) in [5.74, 6) is -0.248. The lowest BCUT2D eigenvalue weighted by molar-refractivity contribution is -0.120. The number of anilines is 1. The normalized spacial score (nSPS) is 17.2. The summed E-state index contributed by atoms with van der Waals surface area (Å²) in [6.45, 7) is 11.3. The number of para-hydroxylation sites is 1. The fraction of sp³-hybridized carbons (Fsp3) is 0.417. The Morgan fingerprint density at radius 3 is 2.43 bits per heavy atom. The summed E-state index contributed by atoms with van der Waals surface area (Å²) in [5, 5.41) is 2.97. The number of hydrogen-bond donors (Lipinski definition) is 1. The third-order valence-electron chi connectivity index (χ3n) is 5.36. The van der Waals surface area contributed by atoms with Crippen LogP contribution in [0.1, 0.15) is 73.6 Å². The molecule has 2 amide bonds. The summed E-state index contributed by atoms with van der Waals surface area (Å²) in [4.78, 5) is 28.2. The van der Waals surface area contributed by atoms with Crippen LogP contribution in [0.3, 0.4) is 0 Å². The van der Waals surface area contributed by atoms with E-state index in [1.54, 1.807) is 17.0 Å². The molecular weight excluding hydrogens is 348 g/mol. The maximum absolute atomic E-state index is 13.3. The summed E-state index contributed by atoms with van der Waals surface area (Å²) >= 11 is 0. The minimum Gasteiger partial charge on any atom is -0.323 e. The SMILES string of the molecule is CCCCN1C(=O)c2ccccc2NC(=O)C1c1ccc(C(C)(C)C)c(C)c1. The van der Waals surface area contributed by atoms with Crippen LogP contribution >= 0.6 is 0 Å². The number of nitrogens with one attached hydrogen (secondary N) is 1. The van der Waals surface area contributed by atoms with Gasteiger partial charge in [0.05, 0.1) is 11.3 Å². The lowest BCUT2D eigenvalue weighted by Gasteiger charge is -2.30. The molecule has 0 saturated heterocycles. The van der Waals surface area contributed by atoms with Crippen LogP contribution in [0.25, 0.3) is 0 Å². The smallest absolute Gasteiger partial charge is 0.256 e. The second-order valence-corrected chi connectivity index (χ2v) is 8.61. The van der Waals surface area contributed by atoms with Crippen LogP contribution in [0.5, 0.6) is 0 Å². The van der Waals surface area contributed by atoms with E-state index in [9.17, 15) is 9.59 Å². The zero-order chi connectivity index (χ0) is 20.5. The maximum Gasteiger partial charge on any atom is 0.256 e. The maximum atomic E-state index is 13.3. The molecule has 28 heavy (non-hydrogen) atoms. The lowest BCUT2D eigenvalue weighted by Crippen LogP contribution is -2.39. The monoisotopic (exact) mass is 378 g/mol. The van der Waals surface area contributed by atoms with E-state index in [-0.39, 0.29) is 17.2 Å². The average molecular weight is 379 g/mol. The quantitative estimate of drug-likeness (QED) is 0.792. The molecule has 0 aliphatic carbocycles. The van der Waals surface area contributed by atoms with Gasteiger partial charge in [-0.3, -0.25) is 9.59 Å². The van der Waals surface area contributed by atoms with E-state index >= 15 is 0 Å². The largest absolute Gasteiger partial charge is 0.323 e. The van der Waals surface area contributed by atoms with Gasteiger partial charge in [-0.25, -0.2) is 0 Å². The first-order chi connectivity index (χ1) is 13.2. The first-order valence-corrected chi connectivity index (χ1v) is 10.1. The topological polar surface area (TPSA) is 49.4 Å². The van der Waals surface area contributed by atoms with Gasteiger partial charge < -0.3 is 10.2 Å².